The third kappa shape index (κ3) is 5.53. The summed E-state index contributed by atoms with van der Waals surface area (Å²) in [5, 5.41) is 0. The minimum absolute atomic E-state index is 0.107. The van der Waals surface area contributed by atoms with Crippen molar-refractivity contribution in [2.45, 2.75) is 69.2 Å². The molecule has 1 rings (SSSR count). The van der Waals surface area contributed by atoms with Crippen molar-refractivity contribution < 1.29 is 15.7 Å². The van der Waals surface area contributed by atoms with Crippen LogP contribution in [0.3, 0.4) is 0 Å². The first-order chi connectivity index (χ1) is 13.3. The Morgan fingerprint density at radius 3 is 1.28 bits per heavy atom. The van der Waals surface area contributed by atoms with Gasteiger partial charge in [-0.2, -0.15) is 0 Å². The van der Waals surface area contributed by atoms with E-state index in [1.807, 2.05) is 99.6 Å². The second kappa shape index (κ2) is 10.3. The number of benzene rings is 1. The fourth-order valence-electron chi connectivity index (χ4n) is 3.19. The second-order valence-electron chi connectivity index (χ2n) is 9.43. The van der Waals surface area contributed by atoms with Crippen molar-refractivity contribution in [1.29, 1.82) is 0 Å². The number of rotatable bonds is 9. The summed E-state index contributed by atoms with van der Waals surface area (Å²) < 4.78 is 12.9. The van der Waals surface area contributed by atoms with Gasteiger partial charge in [-0.1, -0.05) is 0 Å². The van der Waals surface area contributed by atoms with Crippen LogP contribution in [-0.4, -0.2) is 11.9 Å². The summed E-state index contributed by atoms with van der Waals surface area (Å²) in [7, 11) is 0. The monoisotopic (exact) mass is 518 g/mol. The van der Waals surface area contributed by atoms with Gasteiger partial charge < -0.3 is 0 Å². The van der Waals surface area contributed by atoms with Gasteiger partial charge in [-0.25, -0.2) is 0 Å². The van der Waals surface area contributed by atoms with E-state index in [1.54, 1.807) is 0 Å². The van der Waals surface area contributed by atoms with E-state index in [2.05, 4.69) is 0 Å². The summed E-state index contributed by atoms with van der Waals surface area (Å²) >= 11 is -2.99. The van der Waals surface area contributed by atoms with Gasteiger partial charge in [0.15, 0.2) is 0 Å². The van der Waals surface area contributed by atoms with Gasteiger partial charge in [-0.05, 0) is 0 Å². The predicted molar refractivity (Wildman–Crippen MR) is 127 cm³/mol. The number of hydrogen-bond donors (Lipinski definition) is 0. The van der Waals surface area contributed by atoms with Gasteiger partial charge in [0.2, 0.25) is 0 Å². The average molecular weight is 518 g/mol. The number of halogens is 1. The molecule has 166 valence electrons. The van der Waals surface area contributed by atoms with Crippen LogP contribution < -0.4 is 0 Å². The van der Waals surface area contributed by atoms with E-state index in [0.29, 0.717) is 0 Å². The molecule has 0 amide bonds. The molecule has 0 N–H and O–H groups in total. The third-order valence-corrected chi connectivity index (χ3v) is 10.2. The molecule has 1 aromatic rings. The van der Waals surface area contributed by atoms with E-state index < -0.39 is 31.5 Å². The van der Waals surface area contributed by atoms with Gasteiger partial charge in [-0.3, -0.25) is 0 Å². The first-order valence-corrected chi connectivity index (χ1v) is 13.3. The molecule has 4 nitrogen and oxygen atoms in total. The predicted octanol–water partition coefficient (Wildman–Crippen LogP) is 6.92. The van der Waals surface area contributed by atoms with Gasteiger partial charge in [0.05, 0.1) is 0 Å². The van der Waals surface area contributed by atoms with Gasteiger partial charge in [0, 0.05) is 0 Å². The molecule has 0 heterocycles. The van der Waals surface area contributed by atoms with Gasteiger partial charge in [0.25, 0.3) is 0 Å². The molecule has 0 radical (unpaired) electrons. The quantitative estimate of drug-likeness (QED) is 0.333. The Bertz CT molecular complexity index is 623. The molecular weight excluding hydrogens is 479 g/mol. The molecule has 0 fully saturated rings. The molecule has 0 bridgehead atoms. The maximum absolute atomic E-state index is 13.3. The summed E-state index contributed by atoms with van der Waals surface area (Å²) in [6.07, 6.45) is 0. The van der Waals surface area contributed by atoms with E-state index in [4.69, 9.17) is 6.13 Å². The van der Waals surface area contributed by atoms with Crippen LogP contribution in [0, 0.1) is 38.1 Å². The number of hydrogen-bond acceptors (Lipinski definition) is 4. The van der Waals surface area contributed by atoms with Crippen LogP contribution in [-0.2, 0) is 15.7 Å². The van der Waals surface area contributed by atoms with Crippen molar-refractivity contribution in [3.63, 3.8) is 0 Å². The Balaban J connectivity index is 3.27. The van der Waals surface area contributed by atoms with Gasteiger partial charge in [-0.15, -0.1) is 0 Å². The Labute approximate surface area is 185 Å². The second-order valence-corrected chi connectivity index (χ2v) is 12.8. The molecule has 5 heteroatoms. The van der Waals surface area contributed by atoms with E-state index in [1.165, 1.54) is 0 Å². The number of carbonyl (C=O) groups is 2. The molecule has 0 aliphatic rings. The van der Waals surface area contributed by atoms with Crippen molar-refractivity contribution in [3.05, 3.63) is 33.9 Å². The normalized spacial score (nSPS) is 13.2. The van der Waals surface area contributed by atoms with Gasteiger partial charge in [0.1, 0.15) is 0 Å². The van der Waals surface area contributed by atoms with Gasteiger partial charge >= 0.3 is 186 Å². The molecule has 29 heavy (non-hydrogen) atoms. The molecule has 0 spiro atoms. The summed E-state index contributed by atoms with van der Waals surface area (Å²) in [4.78, 5) is 26.5. The first kappa shape index (κ1) is 25.9. The van der Waals surface area contributed by atoms with E-state index in [9.17, 15) is 9.59 Å². The Hall–Kier alpha value is -1.11. The zero-order valence-corrected chi connectivity index (χ0v) is 21.9. The van der Waals surface area contributed by atoms with Crippen LogP contribution in [0.25, 0.3) is 0 Å². The molecule has 0 saturated carbocycles. The van der Waals surface area contributed by atoms with Crippen LogP contribution in [0.15, 0.2) is 30.3 Å². The minimum atomic E-state index is -2.99. The summed E-state index contributed by atoms with van der Waals surface area (Å²) in [6.45, 7) is 20.1. The molecule has 1 aromatic carbocycles. The Morgan fingerprint density at radius 1 is 0.690 bits per heavy atom. The van der Waals surface area contributed by atoms with E-state index in [0.717, 1.165) is 3.57 Å². The fraction of sp³-hybridized carbons (Fsp3) is 0.667. The van der Waals surface area contributed by atoms with Crippen molar-refractivity contribution in [2.24, 2.45) is 34.5 Å². The molecular formula is C24H39IO4. The standard InChI is InChI=1S/C24H39IO4/c1-16(2)23(9,17(3)4)21(26)28-25(20-14-12-11-13-15-20)29-22(27)24(10,18(5)6)19(7)8/h11-19H,1-10H3. The zero-order valence-electron chi connectivity index (χ0n) is 19.7. The number of carbonyl (C=O) groups excluding carboxylic acids is 2. The maximum atomic E-state index is 13.3. The molecule has 0 aliphatic carbocycles. The van der Waals surface area contributed by atoms with Crippen LogP contribution >= 0.6 is 20.6 Å². The van der Waals surface area contributed by atoms with Crippen LogP contribution in [0.5, 0.6) is 0 Å². The first-order valence-electron chi connectivity index (χ1n) is 10.5. The Morgan fingerprint density at radius 2 is 1.00 bits per heavy atom. The molecule has 0 saturated heterocycles. The van der Waals surface area contributed by atoms with Crippen LogP contribution in [0.4, 0.5) is 0 Å². The van der Waals surface area contributed by atoms with E-state index in [-0.39, 0.29) is 35.6 Å². The Kier molecular flexibility index (Phi) is 9.18. The zero-order chi connectivity index (χ0) is 22.6. The summed E-state index contributed by atoms with van der Waals surface area (Å²) in [6, 6.07) is 9.44. The van der Waals surface area contributed by atoms with Crippen molar-refractivity contribution in [2.75, 3.05) is 0 Å². The topological polar surface area (TPSA) is 52.6 Å². The fourth-order valence-corrected chi connectivity index (χ4v) is 6.47. The summed E-state index contributed by atoms with van der Waals surface area (Å²) in [5.41, 5.74) is -1.29. The molecule has 0 atom stereocenters. The summed E-state index contributed by atoms with van der Waals surface area (Å²) in [5.74, 6) is -0.126. The average Bonchev–Trinajstić information content (AvgIpc) is 2.65. The van der Waals surface area contributed by atoms with Crippen LogP contribution in [0.1, 0.15) is 69.2 Å². The van der Waals surface area contributed by atoms with Crippen molar-refractivity contribution in [1.82, 2.24) is 0 Å². The van der Waals surface area contributed by atoms with Crippen molar-refractivity contribution >= 4 is 32.6 Å². The third-order valence-electron chi connectivity index (χ3n) is 6.87. The van der Waals surface area contributed by atoms with Crippen molar-refractivity contribution in [3.8, 4) is 0 Å². The molecule has 0 aliphatic heterocycles. The van der Waals surface area contributed by atoms with Crippen LogP contribution in [0.2, 0.25) is 0 Å². The SMILES string of the molecule is CC(C)C(C)(C(=O)OI(OC(=O)C(C)(C(C)C)C(C)C)c1ccccc1)C(C)C. The molecule has 0 unspecified atom stereocenters. The van der Waals surface area contributed by atoms with E-state index >= 15 is 0 Å². The molecule has 0 aromatic heterocycles.